The largest absolute Gasteiger partial charge is 0.374 e. The predicted octanol–water partition coefficient (Wildman–Crippen LogP) is 4.80. The molecule has 0 spiro atoms. The van der Waals surface area contributed by atoms with Crippen LogP contribution >= 0.6 is 27.5 Å². The van der Waals surface area contributed by atoms with Crippen molar-refractivity contribution >= 4 is 44.1 Å². The molecule has 22 heavy (non-hydrogen) atoms. The van der Waals surface area contributed by atoms with Crippen LogP contribution in [-0.2, 0) is 0 Å². The molecule has 112 valence electrons. The summed E-state index contributed by atoms with van der Waals surface area (Å²) in [5.41, 5.74) is 3.19. The van der Waals surface area contributed by atoms with Gasteiger partial charge in [-0.25, -0.2) is 4.98 Å². The van der Waals surface area contributed by atoms with Gasteiger partial charge in [-0.1, -0.05) is 39.7 Å². The SMILES string of the molecule is ClC1=CC(c2ccc(N3CCC3)nc2)Nc2cc(Br)ccc21. The van der Waals surface area contributed by atoms with Gasteiger partial charge in [-0.05, 0) is 36.3 Å². The third-order valence-corrected chi connectivity index (χ3v) is 5.00. The van der Waals surface area contributed by atoms with Crippen molar-refractivity contribution in [2.24, 2.45) is 0 Å². The van der Waals surface area contributed by atoms with Gasteiger partial charge in [0.1, 0.15) is 5.82 Å². The lowest BCUT2D eigenvalue weighted by Crippen LogP contribution is -2.37. The van der Waals surface area contributed by atoms with Crippen LogP contribution in [0.1, 0.15) is 23.6 Å². The van der Waals surface area contributed by atoms with Gasteiger partial charge in [-0.3, -0.25) is 0 Å². The first-order valence-electron chi connectivity index (χ1n) is 7.35. The summed E-state index contributed by atoms with van der Waals surface area (Å²) < 4.78 is 1.04. The number of rotatable bonds is 2. The van der Waals surface area contributed by atoms with E-state index in [1.807, 2.05) is 24.4 Å². The lowest BCUT2D eigenvalue weighted by atomic mass is 10.0. The highest BCUT2D eigenvalue weighted by Gasteiger charge is 2.20. The maximum Gasteiger partial charge on any atom is 0.128 e. The smallest absolute Gasteiger partial charge is 0.128 e. The molecule has 1 atom stereocenters. The Balaban J connectivity index is 1.62. The van der Waals surface area contributed by atoms with E-state index in [1.54, 1.807) is 0 Å². The van der Waals surface area contributed by atoms with Gasteiger partial charge >= 0.3 is 0 Å². The molecule has 0 radical (unpaired) electrons. The normalized spacial score (nSPS) is 19.8. The summed E-state index contributed by atoms with van der Waals surface area (Å²) in [7, 11) is 0. The summed E-state index contributed by atoms with van der Waals surface area (Å²) in [6.45, 7) is 2.22. The average Bonchev–Trinajstić information content (AvgIpc) is 2.45. The van der Waals surface area contributed by atoms with E-state index < -0.39 is 0 Å². The van der Waals surface area contributed by atoms with Crippen molar-refractivity contribution in [1.29, 1.82) is 0 Å². The molecule has 2 aliphatic heterocycles. The summed E-state index contributed by atoms with van der Waals surface area (Å²) in [5, 5.41) is 4.29. The highest BCUT2D eigenvalue weighted by molar-refractivity contribution is 9.10. The second kappa shape index (κ2) is 5.60. The van der Waals surface area contributed by atoms with E-state index in [0.717, 1.165) is 45.2 Å². The van der Waals surface area contributed by atoms with E-state index >= 15 is 0 Å². The quantitative estimate of drug-likeness (QED) is 0.816. The number of anilines is 2. The number of nitrogens with one attached hydrogen (secondary N) is 1. The van der Waals surface area contributed by atoms with E-state index in [2.05, 4.69) is 49.3 Å². The zero-order valence-corrected chi connectivity index (χ0v) is 14.2. The highest BCUT2D eigenvalue weighted by atomic mass is 79.9. The minimum absolute atomic E-state index is 0.0484. The van der Waals surface area contributed by atoms with Gasteiger partial charge in [0.15, 0.2) is 0 Å². The molecule has 3 heterocycles. The lowest BCUT2D eigenvalue weighted by molar-refractivity contribution is 0.609. The molecule has 2 aromatic rings. The van der Waals surface area contributed by atoms with Crippen molar-refractivity contribution in [3.8, 4) is 0 Å². The average molecular weight is 377 g/mol. The van der Waals surface area contributed by atoms with E-state index in [0.29, 0.717) is 0 Å². The molecule has 0 bridgehead atoms. The minimum Gasteiger partial charge on any atom is -0.374 e. The van der Waals surface area contributed by atoms with E-state index in [-0.39, 0.29) is 6.04 Å². The van der Waals surface area contributed by atoms with Crippen molar-refractivity contribution < 1.29 is 0 Å². The Kier molecular flexibility index (Phi) is 3.59. The highest BCUT2D eigenvalue weighted by Crippen LogP contribution is 2.38. The Hall–Kier alpha value is -1.52. The van der Waals surface area contributed by atoms with Gasteiger partial charge in [0, 0.05) is 40.0 Å². The van der Waals surface area contributed by atoms with Crippen molar-refractivity contribution in [2.75, 3.05) is 23.3 Å². The fraction of sp³-hybridized carbons (Fsp3) is 0.235. The van der Waals surface area contributed by atoms with Crippen LogP contribution in [0.3, 0.4) is 0 Å². The Morgan fingerprint density at radius 2 is 2.09 bits per heavy atom. The Labute approximate surface area is 143 Å². The molecule has 0 aliphatic carbocycles. The summed E-state index contributed by atoms with van der Waals surface area (Å²) in [6.07, 6.45) is 5.24. The van der Waals surface area contributed by atoms with Crippen molar-refractivity contribution in [3.05, 3.63) is 58.2 Å². The Morgan fingerprint density at radius 1 is 1.23 bits per heavy atom. The zero-order chi connectivity index (χ0) is 15.1. The minimum atomic E-state index is 0.0484. The molecular weight excluding hydrogens is 362 g/mol. The summed E-state index contributed by atoms with van der Waals surface area (Å²) in [6, 6.07) is 10.3. The van der Waals surface area contributed by atoms with Gasteiger partial charge in [0.2, 0.25) is 0 Å². The third kappa shape index (κ3) is 2.50. The van der Waals surface area contributed by atoms with Crippen LogP contribution < -0.4 is 10.2 Å². The molecule has 2 aliphatic rings. The predicted molar refractivity (Wildman–Crippen MR) is 95.4 cm³/mol. The van der Waals surface area contributed by atoms with Crippen LogP contribution in [0.4, 0.5) is 11.5 Å². The number of aromatic nitrogens is 1. The standard InChI is InChI=1S/C17H15BrClN3/c18-12-3-4-13-14(19)9-15(21-16(13)8-12)11-2-5-17(20-10-11)22-6-1-7-22/h2-5,8-10,15,21H,1,6-7H2. The second-order valence-electron chi connectivity index (χ2n) is 5.62. The molecule has 1 aromatic heterocycles. The van der Waals surface area contributed by atoms with Crippen LogP contribution in [0, 0.1) is 0 Å². The number of hydrogen-bond acceptors (Lipinski definition) is 3. The van der Waals surface area contributed by atoms with Gasteiger partial charge in [-0.15, -0.1) is 0 Å². The van der Waals surface area contributed by atoms with Crippen LogP contribution in [0.15, 0.2) is 47.1 Å². The number of benzene rings is 1. The van der Waals surface area contributed by atoms with Crippen LogP contribution in [0.25, 0.3) is 5.03 Å². The molecule has 4 rings (SSSR count). The van der Waals surface area contributed by atoms with Crippen molar-refractivity contribution in [1.82, 2.24) is 4.98 Å². The van der Waals surface area contributed by atoms with Crippen LogP contribution in [0.5, 0.6) is 0 Å². The molecule has 5 heteroatoms. The van der Waals surface area contributed by atoms with Gasteiger partial charge < -0.3 is 10.2 Å². The fourth-order valence-corrected chi connectivity index (χ4v) is 3.43. The lowest BCUT2D eigenvalue weighted by Gasteiger charge is -2.32. The maximum absolute atomic E-state index is 6.43. The number of pyridine rings is 1. The summed E-state index contributed by atoms with van der Waals surface area (Å²) in [5.74, 6) is 1.06. The van der Waals surface area contributed by atoms with Crippen molar-refractivity contribution in [2.45, 2.75) is 12.5 Å². The molecule has 1 aromatic carbocycles. The molecule has 1 unspecified atom stereocenters. The number of fused-ring (bicyclic) bond motifs is 1. The molecule has 1 saturated heterocycles. The monoisotopic (exact) mass is 375 g/mol. The molecule has 3 nitrogen and oxygen atoms in total. The topological polar surface area (TPSA) is 28.2 Å². The molecule has 1 fully saturated rings. The van der Waals surface area contributed by atoms with E-state index in [9.17, 15) is 0 Å². The number of halogens is 2. The van der Waals surface area contributed by atoms with Gasteiger partial charge in [0.25, 0.3) is 0 Å². The fourth-order valence-electron chi connectivity index (χ4n) is 2.78. The van der Waals surface area contributed by atoms with E-state index in [1.165, 1.54) is 6.42 Å². The first-order valence-corrected chi connectivity index (χ1v) is 8.52. The third-order valence-electron chi connectivity index (χ3n) is 4.17. The first kappa shape index (κ1) is 14.1. The Morgan fingerprint density at radius 3 is 2.77 bits per heavy atom. The number of hydrogen-bond donors (Lipinski definition) is 1. The Bertz CT molecular complexity index is 738. The van der Waals surface area contributed by atoms with E-state index in [4.69, 9.17) is 11.6 Å². The van der Waals surface area contributed by atoms with Crippen LogP contribution in [-0.4, -0.2) is 18.1 Å². The van der Waals surface area contributed by atoms with Gasteiger partial charge in [0.05, 0.1) is 6.04 Å². The summed E-state index contributed by atoms with van der Waals surface area (Å²) >= 11 is 9.94. The molecule has 0 saturated carbocycles. The molecule has 0 amide bonds. The van der Waals surface area contributed by atoms with Gasteiger partial charge in [-0.2, -0.15) is 0 Å². The maximum atomic E-state index is 6.43. The van der Waals surface area contributed by atoms with Crippen LogP contribution in [0.2, 0.25) is 0 Å². The number of nitrogens with zero attached hydrogens (tertiary/aromatic N) is 2. The first-order chi connectivity index (χ1) is 10.7. The zero-order valence-electron chi connectivity index (χ0n) is 11.9. The molecular formula is C17H15BrClN3. The molecule has 1 N–H and O–H groups in total. The second-order valence-corrected chi connectivity index (χ2v) is 6.94. The van der Waals surface area contributed by atoms with Crippen molar-refractivity contribution in [3.63, 3.8) is 0 Å². The summed E-state index contributed by atoms with van der Waals surface area (Å²) in [4.78, 5) is 6.86.